The van der Waals surface area contributed by atoms with Crippen molar-refractivity contribution in [2.45, 2.75) is 38.0 Å². The highest BCUT2D eigenvalue weighted by Gasteiger charge is 2.36. The fourth-order valence-corrected chi connectivity index (χ4v) is 4.22. The molecule has 0 aliphatic carbocycles. The van der Waals surface area contributed by atoms with Gasteiger partial charge in [-0.2, -0.15) is 10.2 Å². The van der Waals surface area contributed by atoms with Crippen LogP contribution in [0.25, 0.3) is 0 Å². The first-order chi connectivity index (χ1) is 15.4. The summed E-state index contributed by atoms with van der Waals surface area (Å²) in [6.07, 6.45) is 3.62. The van der Waals surface area contributed by atoms with Gasteiger partial charge in [-0.3, -0.25) is 10.8 Å². The quantitative estimate of drug-likeness (QED) is 0.424. The van der Waals surface area contributed by atoms with Crippen LogP contribution in [0.1, 0.15) is 35.7 Å². The lowest BCUT2D eigenvalue weighted by molar-refractivity contribution is 0.342. The number of hydrogen-bond donors (Lipinski definition) is 5. The molecular weight excluding hydrogens is 416 g/mol. The third-order valence-electron chi connectivity index (χ3n) is 5.78. The molecule has 2 aromatic heterocycles. The molecule has 1 aromatic carbocycles. The molecule has 4 heterocycles. The van der Waals surface area contributed by atoms with Crippen molar-refractivity contribution in [3.05, 3.63) is 58.9 Å². The fraction of sp³-hybridized carbons (Fsp3) is 0.381. The molecular formula is C21H25F2N9. The van der Waals surface area contributed by atoms with Crippen LogP contribution in [0.4, 0.5) is 20.4 Å². The Balaban J connectivity index is 1.53. The maximum absolute atomic E-state index is 14.4. The monoisotopic (exact) mass is 441 g/mol. The largest absolute Gasteiger partial charge is 0.333 e. The number of aryl methyl sites for hydroxylation is 1. The number of nitrogens with zero attached hydrogens (tertiary/aromatic N) is 4. The Morgan fingerprint density at radius 3 is 2.78 bits per heavy atom. The number of benzene rings is 1. The zero-order valence-corrected chi connectivity index (χ0v) is 17.6. The van der Waals surface area contributed by atoms with Gasteiger partial charge in [0.1, 0.15) is 23.3 Å². The SMILES string of the molecule is Cc1cc(NC2=NC(N)(Cc3ccc(F)cc3F)Nc3c2cnn3C2CCNCC2)n[nH]1. The smallest absolute Gasteiger partial charge is 0.189 e. The molecule has 0 saturated carbocycles. The normalized spacial score (nSPS) is 21.1. The first-order valence-corrected chi connectivity index (χ1v) is 10.6. The summed E-state index contributed by atoms with van der Waals surface area (Å²) in [5.41, 5.74) is 8.54. The van der Waals surface area contributed by atoms with Crippen LogP contribution in [-0.2, 0) is 6.42 Å². The first-order valence-electron chi connectivity index (χ1n) is 10.6. The molecule has 168 valence electrons. The van der Waals surface area contributed by atoms with E-state index in [4.69, 9.17) is 5.73 Å². The second kappa shape index (κ2) is 7.99. The number of piperidine rings is 1. The molecule has 1 saturated heterocycles. The number of nitrogens with two attached hydrogens (primary N) is 1. The molecule has 6 N–H and O–H groups in total. The summed E-state index contributed by atoms with van der Waals surface area (Å²) in [6.45, 7) is 3.70. The van der Waals surface area contributed by atoms with Gasteiger partial charge in [-0.25, -0.2) is 18.5 Å². The summed E-state index contributed by atoms with van der Waals surface area (Å²) in [5.74, 6) is -0.896. The number of rotatable bonds is 4. The molecule has 1 fully saturated rings. The summed E-state index contributed by atoms with van der Waals surface area (Å²) in [5, 5.41) is 21.6. The van der Waals surface area contributed by atoms with Crippen molar-refractivity contribution in [1.29, 1.82) is 0 Å². The lowest BCUT2D eigenvalue weighted by Gasteiger charge is -2.34. The Kier molecular flexibility index (Phi) is 5.14. The van der Waals surface area contributed by atoms with Crippen LogP contribution in [0.5, 0.6) is 0 Å². The van der Waals surface area contributed by atoms with Crippen LogP contribution < -0.4 is 21.7 Å². The number of fused-ring (bicyclic) bond motifs is 1. The minimum Gasteiger partial charge on any atom is -0.333 e. The minimum atomic E-state index is -1.37. The molecule has 0 bridgehead atoms. The molecule has 0 amide bonds. The molecule has 32 heavy (non-hydrogen) atoms. The molecule has 9 nitrogen and oxygen atoms in total. The molecule has 1 unspecified atom stereocenters. The number of hydrogen-bond acceptors (Lipinski definition) is 7. The molecule has 2 aliphatic rings. The van der Waals surface area contributed by atoms with Gasteiger partial charge in [0.05, 0.1) is 17.8 Å². The molecule has 2 aliphatic heterocycles. The molecule has 11 heteroatoms. The third-order valence-corrected chi connectivity index (χ3v) is 5.78. The van der Waals surface area contributed by atoms with Crippen molar-refractivity contribution in [2.75, 3.05) is 23.7 Å². The lowest BCUT2D eigenvalue weighted by Crippen LogP contribution is -2.52. The highest BCUT2D eigenvalue weighted by atomic mass is 19.1. The molecule has 1 atom stereocenters. The number of aromatic nitrogens is 4. The van der Waals surface area contributed by atoms with E-state index >= 15 is 0 Å². The van der Waals surface area contributed by atoms with Gasteiger partial charge in [0.15, 0.2) is 11.6 Å². The highest BCUT2D eigenvalue weighted by molar-refractivity contribution is 6.12. The van der Waals surface area contributed by atoms with Crippen LogP contribution in [0.2, 0.25) is 0 Å². The van der Waals surface area contributed by atoms with Crippen LogP contribution >= 0.6 is 0 Å². The van der Waals surface area contributed by atoms with Crippen molar-refractivity contribution in [3.8, 4) is 0 Å². The Bertz CT molecular complexity index is 1160. The van der Waals surface area contributed by atoms with E-state index in [1.165, 1.54) is 12.1 Å². The van der Waals surface area contributed by atoms with Crippen molar-refractivity contribution in [1.82, 2.24) is 25.3 Å². The van der Waals surface area contributed by atoms with Gasteiger partial charge < -0.3 is 16.0 Å². The number of H-pyrrole nitrogens is 1. The predicted octanol–water partition coefficient (Wildman–Crippen LogP) is 2.26. The Morgan fingerprint density at radius 2 is 2.06 bits per heavy atom. The van der Waals surface area contributed by atoms with Crippen LogP contribution in [0.3, 0.4) is 0 Å². The molecule has 0 radical (unpaired) electrons. The van der Waals surface area contributed by atoms with E-state index in [-0.39, 0.29) is 18.0 Å². The number of amidine groups is 1. The van der Waals surface area contributed by atoms with Crippen LogP contribution in [0.15, 0.2) is 35.5 Å². The average molecular weight is 441 g/mol. The van der Waals surface area contributed by atoms with E-state index in [0.29, 0.717) is 17.5 Å². The third kappa shape index (κ3) is 3.96. The maximum Gasteiger partial charge on any atom is 0.189 e. The Morgan fingerprint density at radius 1 is 1.25 bits per heavy atom. The summed E-state index contributed by atoms with van der Waals surface area (Å²) >= 11 is 0. The maximum atomic E-state index is 14.4. The van der Waals surface area contributed by atoms with Gasteiger partial charge in [-0.15, -0.1) is 0 Å². The van der Waals surface area contributed by atoms with Gasteiger partial charge >= 0.3 is 0 Å². The number of aliphatic imine (C=N–C) groups is 1. The van der Waals surface area contributed by atoms with Crippen molar-refractivity contribution in [3.63, 3.8) is 0 Å². The van der Waals surface area contributed by atoms with Crippen molar-refractivity contribution in [2.24, 2.45) is 10.7 Å². The first kappa shape index (κ1) is 20.6. The number of aromatic amines is 1. The van der Waals surface area contributed by atoms with E-state index < -0.39 is 17.4 Å². The summed E-state index contributed by atoms with van der Waals surface area (Å²) in [6, 6.07) is 5.50. The highest BCUT2D eigenvalue weighted by Crippen LogP contribution is 2.32. The second-order valence-electron chi connectivity index (χ2n) is 8.32. The van der Waals surface area contributed by atoms with Gasteiger partial charge in [0.2, 0.25) is 0 Å². The number of halogens is 2. The average Bonchev–Trinajstić information content (AvgIpc) is 3.36. The number of anilines is 2. The zero-order valence-electron chi connectivity index (χ0n) is 17.6. The van der Waals surface area contributed by atoms with Gasteiger partial charge in [0, 0.05) is 24.2 Å². The van der Waals surface area contributed by atoms with E-state index in [9.17, 15) is 8.78 Å². The van der Waals surface area contributed by atoms with Gasteiger partial charge in [-0.1, -0.05) is 6.07 Å². The fourth-order valence-electron chi connectivity index (χ4n) is 4.22. The Hall–Kier alpha value is -3.31. The minimum absolute atomic E-state index is 0.0146. The standard InChI is InChI=1S/C21H25F2N9/c1-12-8-18(31-30-12)27-19-16-11-26-32(15-4-6-25-7-5-15)20(16)29-21(24,28-19)10-13-2-3-14(22)9-17(13)23/h2-3,8-9,11,15,25,29H,4-7,10,24H2,1H3,(H2,27,28,30,31). The zero-order chi connectivity index (χ0) is 22.3. The van der Waals surface area contributed by atoms with Crippen LogP contribution in [0, 0.1) is 18.6 Å². The van der Waals surface area contributed by atoms with E-state index in [2.05, 4.69) is 36.2 Å². The van der Waals surface area contributed by atoms with Crippen LogP contribution in [-0.4, -0.2) is 44.7 Å². The molecule has 3 aromatic rings. The molecule has 0 spiro atoms. The van der Waals surface area contributed by atoms with E-state index in [0.717, 1.165) is 43.3 Å². The van der Waals surface area contributed by atoms with E-state index in [1.54, 1.807) is 6.20 Å². The summed E-state index contributed by atoms with van der Waals surface area (Å²) in [4.78, 5) is 4.67. The predicted molar refractivity (Wildman–Crippen MR) is 117 cm³/mol. The van der Waals surface area contributed by atoms with Crippen molar-refractivity contribution >= 4 is 17.5 Å². The molecule has 5 rings (SSSR count). The lowest BCUT2D eigenvalue weighted by atomic mass is 10.0. The number of nitrogens with one attached hydrogen (secondary N) is 4. The van der Waals surface area contributed by atoms with Gasteiger partial charge in [0.25, 0.3) is 0 Å². The summed E-state index contributed by atoms with van der Waals surface area (Å²) in [7, 11) is 0. The second-order valence-corrected chi connectivity index (χ2v) is 8.32. The van der Waals surface area contributed by atoms with Crippen molar-refractivity contribution < 1.29 is 8.78 Å². The summed E-state index contributed by atoms with van der Waals surface area (Å²) < 4.78 is 29.7. The topological polar surface area (TPSA) is 121 Å². The van der Waals surface area contributed by atoms with Gasteiger partial charge in [-0.05, 0) is 44.5 Å². The Labute approximate surface area is 183 Å². The van der Waals surface area contributed by atoms with E-state index in [1.807, 2.05) is 17.7 Å².